The van der Waals surface area contributed by atoms with Gasteiger partial charge < -0.3 is 15.5 Å². The van der Waals surface area contributed by atoms with Crippen molar-refractivity contribution < 1.29 is 15.0 Å². The summed E-state index contributed by atoms with van der Waals surface area (Å²) in [6, 6.07) is 4.14. The lowest BCUT2D eigenvalue weighted by Gasteiger charge is -2.23. The van der Waals surface area contributed by atoms with E-state index in [1.165, 1.54) is 31.0 Å². The molecule has 1 aromatic rings. The Hall–Kier alpha value is -1.71. The van der Waals surface area contributed by atoms with Crippen molar-refractivity contribution in [3.05, 3.63) is 23.8 Å². The van der Waals surface area contributed by atoms with Crippen LogP contribution in [0.4, 0.5) is 0 Å². The van der Waals surface area contributed by atoms with Crippen LogP contribution in [0, 0.1) is 5.92 Å². The highest BCUT2D eigenvalue weighted by atomic mass is 16.3. The third-order valence-corrected chi connectivity index (χ3v) is 3.90. The summed E-state index contributed by atoms with van der Waals surface area (Å²) in [5.41, 5.74) is 0.136. The molecule has 2 rings (SSSR count). The second kappa shape index (κ2) is 5.95. The molecule has 104 valence electrons. The van der Waals surface area contributed by atoms with Gasteiger partial charge in [-0.3, -0.25) is 4.79 Å². The molecule has 1 aromatic carbocycles. The van der Waals surface area contributed by atoms with E-state index in [0.29, 0.717) is 5.92 Å². The molecule has 3 N–H and O–H groups in total. The van der Waals surface area contributed by atoms with E-state index in [-0.39, 0.29) is 29.0 Å². The summed E-state index contributed by atoms with van der Waals surface area (Å²) >= 11 is 0. The van der Waals surface area contributed by atoms with Gasteiger partial charge in [0.25, 0.3) is 5.91 Å². The molecule has 1 aliphatic carbocycles. The summed E-state index contributed by atoms with van der Waals surface area (Å²) in [5, 5.41) is 22.1. The Kier molecular flexibility index (Phi) is 4.30. The molecule has 1 fully saturated rings. The van der Waals surface area contributed by atoms with Crippen LogP contribution in [0.15, 0.2) is 18.2 Å². The fourth-order valence-corrected chi connectivity index (χ4v) is 2.66. The maximum Gasteiger partial charge on any atom is 0.255 e. The summed E-state index contributed by atoms with van der Waals surface area (Å²) in [6.07, 6.45) is 5.66. The molecule has 1 saturated carbocycles. The van der Waals surface area contributed by atoms with E-state index >= 15 is 0 Å². The van der Waals surface area contributed by atoms with Crippen molar-refractivity contribution in [1.82, 2.24) is 5.32 Å². The Labute approximate surface area is 113 Å². The minimum Gasteiger partial charge on any atom is -0.508 e. The summed E-state index contributed by atoms with van der Waals surface area (Å²) in [7, 11) is 0. The highest BCUT2D eigenvalue weighted by Gasteiger charge is 2.23. The van der Waals surface area contributed by atoms with E-state index in [0.717, 1.165) is 19.3 Å². The second-order valence-corrected chi connectivity index (χ2v) is 5.40. The van der Waals surface area contributed by atoms with Crippen LogP contribution >= 0.6 is 0 Å². The molecule has 19 heavy (non-hydrogen) atoms. The van der Waals surface area contributed by atoms with Crippen molar-refractivity contribution >= 4 is 5.91 Å². The Bertz CT molecular complexity index is 459. The predicted octanol–water partition coefficient (Wildman–Crippen LogP) is 2.80. The lowest BCUT2D eigenvalue weighted by molar-refractivity contribution is 0.0918. The van der Waals surface area contributed by atoms with Gasteiger partial charge in [-0.25, -0.2) is 0 Å². The van der Waals surface area contributed by atoms with E-state index in [1.807, 2.05) is 0 Å². The minimum atomic E-state index is -0.313. The third kappa shape index (κ3) is 3.40. The van der Waals surface area contributed by atoms with E-state index in [2.05, 4.69) is 12.2 Å². The molecule has 1 amide bonds. The Balaban J connectivity index is 2.09. The Morgan fingerprint density at radius 3 is 2.74 bits per heavy atom. The van der Waals surface area contributed by atoms with E-state index < -0.39 is 0 Å². The van der Waals surface area contributed by atoms with Crippen LogP contribution in [0.1, 0.15) is 49.4 Å². The largest absolute Gasteiger partial charge is 0.508 e. The lowest BCUT2D eigenvalue weighted by Crippen LogP contribution is -2.38. The van der Waals surface area contributed by atoms with Gasteiger partial charge in [0, 0.05) is 6.04 Å². The first-order valence-electron chi connectivity index (χ1n) is 6.91. The number of hydrogen-bond donors (Lipinski definition) is 3. The number of carbonyl (C=O) groups is 1. The summed E-state index contributed by atoms with van der Waals surface area (Å²) in [4.78, 5) is 12.2. The molecule has 2 atom stereocenters. The van der Waals surface area contributed by atoms with Crippen LogP contribution in [0.5, 0.6) is 11.5 Å². The Morgan fingerprint density at radius 1 is 1.21 bits per heavy atom. The highest BCUT2D eigenvalue weighted by molar-refractivity contribution is 5.97. The first-order chi connectivity index (χ1) is 9.08. The smallest absolute Gasteiger partial charge is 0.255 e. The molecular formula is C15H21NO3. The molecule has 4 nitrogen and oxygen atoms in total. The molecule has 2 unspecified atom stereocenters. The molecule has 0 aromatic heterocycles. The molecule has 0 saturated heterocycles. The maximum atomic E-state index is 12.2. The van der Waals surface area contributed by atoms with Gasteiger partial charge in [0.1, 0.15) is 11.5 Å². The number of hydrogen-bond acceptors (Lipinski definition) is 3. The fourth-order valence-electron chi connectivity index (χ4n) is 2.66. The van der Waals surface area contributed by atoms with Crippen LogP contribution in [0.25, 0.3) is 0 Å². The Morgan fingerprint density at radius 2 is 1.95 bits per heavy atom. The monoisotopic (exact) mass is 263 g/mol. The summed E-state index contributed by atoms with van der Waals surface area (Å²) < 4.78 is 0. The van der Waals surface area contributed by atoms with E-state index in [1.54, 1.807) is 0 Å². The molecule has 1 aliphatic rings. The number of phenols is 2. The van der Waals surface area contributed by atoms with Gasteiger partial charge in [-0.2, -0.15) is 0 Å². The molecule has 0 radical (unpaired) electrons. The SMILES string of the molecule is CC1CCCCCC1NC(=O)c1cc(O)ccc1O. The average Bonchev–Trinajstić information content (AvgIpc) is 2.58. The van der Waals surface area contributed by atoms with Gasteiger partial charge in [0.05, 0.1) is 5.56 Å². The lowest BCUT2D eigenvalue weighted by atomic mass is 9.96. The minimum absolute atomic E-state index is 0.0168. The summed E-state index contributed by atoms with van der Waals surface area (Å²) in [6.45, 7) is 2.15. The molecular weight excluding hydrogens is 242 g/mol. The maximum absolute atomic E-state index is 12.2. The average molecular weight is 263 g/mol. The molecule has 0 spiro atoms. The van der Waals surface area contributed by atoms with Crippen molar-refractivity contribution in [3.63, 3.8) is 0 Å². The molecule has 4 heteroatoms. The standard InChI is InChI=1S/C15H21NO3/c1-10-5-3-2-4-6-13(10)16-15(19)12-9-11(17)7-8-14(12)18/h7-10,13,17-18H,2-6H2,1H3,(H,16,19). The van der Waals surface area contributed by atoms with Crippen molar-refractivity contribution in [2.45, 2.75) is 45.1 Å². The van der Waals surface area contributed by atoms with Crippen LogP contribution in [-0.4, -0.2) is 22.2 Å². The third-order valence-electron chi connectivity index (χ3n) is 3.90. The number of nitrogens with one attached hydrogen (secondary N) is 1. The number of benzene rings is 1. The van der Waals surface area contributed by atoms with Crippen molar-refractivity contribution in [1.29, 1.82) is 0 Å². The molecule has 0 aliphatic heterocycles. The first-order valence-corrected chi connectivity index (χ1v) is 6.91. The normalized spacial score (nSPS) is 23.6. The number of rotatable bonds is 2. The number of amides is 1. The van der Waals surface area contributed by atoms with Crippen molar-refractivity contribution in [2.24, 2.45) is 5.92 Å². The first kappa shape index (κ1) is 13.7. The number of phenolic OH excluding ortho intramolecular Hbond substituents is 2. The van der Waals surface area contributed by atoms with E-state index in [9.17, 15) is 15.0 Å². The van der Waals surface area contributed by atoms with Crippen molar-refractivity contribution in [2.75, 3.05) is 0 Å². The summed E-state index contributed by atoms with van der Waals surface area (Å²) in [5.74, 6) is 0.0199. The quantitative estimate of drug-likeness (QED) is 0.567. The van der Waals surface area contributed by atoms with Crippen LogP contribution < -0.4 is 5.32 Å². The van der Waals surface area contributed by atoms with Gasteiger partial charge in [-0.05, 0) is 37.0 Å². The second-order valence-electron chi connectivity index (χ2n) is 5.40. The number of aromatic hydroxyl groups is 2. The van der Waals surface area contributed by atoms with Crippen molar-refractivity contribution in [3.8, 4) is 11.5 Å². The fraction of sp³-hybridized carbons (Fsp3) is 0.533. The van der Waals surface area contributed by atoms with Gasteiger partial charge in [-0.1, -0.05) is 26.2 Å². The topological polar surface area (TPSA) is 69.6 Å². The molecule has 0 bridgehead atoms. The number of carbonyl (C=O) groups excluding carboxylic acids is 1. The predicted molar refractivity (Wildman–Crippen MR) is 73.3 cm³/mol. The zero-order valence-electron chi connectivity index (χ0n) is 11.2. The van der Waals surface area contributed by atoms with Gasteiger partial charge >= 0.3 is 0 Å². The van der Waals surface area contributed by atoms with Gasteiger partial charge in [-0.15, -0.1) is 0 Å². The van der Waals surface area contributed by atoms with Crippen LogP contribution in [-0.2, 0) is 0 Å². The zero-order chi connectivity index (χ0) is 13.8. The zero-order valence-corrected chi connectivity index (χ0v) is 11.2. The highest BCUT2D eigenvalue weighted by Crippen LogP contribution is 2.25. The van der Waals surface area contributed by atoms with Crippen LogP contribution in [0.3, 0.4) is 0 Å². The molecule has 0 heterocycles. The van der Waals surface area contributed by atoms with Crippen LogP contribution in [0.2, 0.25) is 0 Å². The van der Waals surface area contributed by atoms with E-state index in [4.69, 9.17) is 0 Å². The van der Waals surface area contributed by atoms with Gasteiger partial charge in [0.15, 0.2) is 0 Å². The van der Waals surface area contributed by atoms with Gasteiger partial charge in [0.2, 0.25) is 0 Å².